The molecule has 0 atom stereocenters. The van der Waals surface area contributed by atoms with Gasteiger partial charge in [-0.05, 0) is 34.5 Å². The lowest BCUT2D eigenvalue weighted by atomic mass is 10.1. The molecular weight excluding hydrogens is 252 g/mol. The Morgan fingerprint density at radius 2 is 2.14 bits per heavy atom. The number of benzene rings is 1. The van der Waals surface area contributed by atoms with Gasteiger partial charge < -0.3 is 5.73 Å². The molecule has 0 heterocycles. The lowest BCUT2D eigenvalue weighted by Crippen LogP contribution is -2.13. The molecule has 0 fully saturated rings. The highest BCUT2D eigenvalue weighted by molar-refractivity contribution is 9.10. The Bertz CT molecular complexity index is 417. The first-order valence-corrected chi connectivity index (χ1v) is 4.47. The van der Waals surface area contributed by atoms with Gasteiger partial charge in [0.15, 0.2) is 0 Å². The van der Waals surface area contributed by atoms with Crippen LogP contribution in [0.15, 0.2) is 16.6 Å². The molecule has 1 rings (SSSR count). The summed E-state index contributed by atoms with van der Waals surface area (Å²) in [7, 11) is 0. The molecule has 1 aromatic rings. The molecular formula is C8H7BrN2O3. The molecule has 0 aromatic heterocycles. The summed E-state index contributed by atoms with van der Waals surface area (Å²) in [4.78, 5) is 20.9. The van der Waals surface area contributed by atoms with Gasteiger partial charge in [0, 0.05) is 0 Å². The van der Waals surface area contributed by atoms with E-state index in [1.165, 1.54) is 6.07 Å². The highest BCUT2D eigenvalue weighted by Gasteiger charge is 2.22. The minimum Gasteiger partial charge on any atom is -0.365 e. The van der Waals surface area contributed by atoms with Crippen LogP contribution in [0.5, 0.6) is 0 Å². The molecule has 6 heteroatoms. The lowest BCUT2D eigenvalue weighted by Gasteiger charge is -2.03. The van der Waals surface area contributed by atoms with Crippen LogP contribution in [0.3, 0.4) is 0 Å². The second-order valence-corrected chi connectivity index (χ2v) is 3.51. The second kappa shape index (κ2) is 3.75. The molecule has 0 aliphatic rings. The number of amides is 1. The number of carbonyl (C=O) groups is 1. The van der Waals surface area contributed by atoms with Gasteiger partial charge in [0.25, 0.3) is 11.6 Å². The number of hydrogen-bond donors (Lipinski definition) is 1. The van der Waals surface area contributed by atoms with Crippen LogP contribution >= 0.6 is 15.9 Å². The van der Waals surface area contributed by atoms with Crippen molar-refractivity contribution in [3.8, 4) is 0 Å². The maximum absolute atomic E-state index is 10.9. The first kappa shape index (κ1) is 10.6. The van der Waals surface area contributed by atoms with Crippen molar-refractivity contribution in [2.24, 2.45) is 5.73 Å². The van der Waals surface area contributed by atoms with Crippen LogP contribution in [-0.2, 0) is 0 Å². The second-order valence-electron chi connectivity index (χ2n) is 2.71. The van der Waals surface area contributed by atoms with E-state index < -0.39 is 10.8 Å². The lowest BCUT2D eigenvalue weighted by molar-refractivity contribution is -0.386. The largest absolute Gasteiger partial charge is 0.365 e. The van der Waals surface area contributed by atoms with Crippen LogP contribution in [-0.4, -0.2) is 10.8 Å². The van der Waals surface area contributed by atoms with Gasteiger partial charge in [0.05, 0.1) is 9.40 Å². The van der Waals surface area contributed by atoms with Crippen LogP contribution in [0.25, 0.3) is 0 Å². The molecule has 1 amide bonds. The standard InChI is InChI=1S/C8H7BrN2O3/c1-4-2-3-5(8(10)12)7(6(4)9)11(13)14/h2-3H,1H3,(H2,10,12). The van der Waals surface area contributed by atoms with Crippen molar-refractivity contribution in [3.05, 3.63) is 37.8 Å². The Labute approximate surface area is 88.2 Å². The Morgan fingerprint density at radius 1 is 1.57 bits per heavy atom. The van der Waals surface area contributed by atoms with E-state index in [4.69, 9.17) is 5.73 Å². The van der Waals surface area contributed by atoms with Crippen molar-refractivity contribution < 1.29 is 9.72 Å². The number of rotatable bonds is 2. The number of halogens is 1. The fraction of sp³-hybridized carbons (Fsp3) is 0.125. The first-order chi connectivity index (χ1) is 6.45. The SMILES string of the molecule is Cc1ccc(C(N)=O)c([N+](=O)[O-])c1Br. The summed E-state index contributed by atoms with van der Waals surface area (Å²) in [6.45, 7) is 1.70. The zero-order chi connectivity index (χ0) is 10.9. The van der Waals surface area contributed by atoms with E-state index in [1.807, 2.05) is 0 Å². The molecule has 5 nitrogen and oxygen atoms in total. The van der Waals surface area contributed by atoms with E-state index >= 15 is 0 Å². The zero-order valence-corrected chi connectivity index (χ0v) is 8.87. The molecule has 0 unspecified atom stereocenters. The number of nitrogens with two attached hydrogens (primary N) is 1. The summed E-state index contributed by atoms with van der Waals surface area (Å²) < 4.78 is 0.291. The minimum atomic E-state index is -0.808. The molecule has 0 bridgehead atoms. The van der Waals surface area contributed by atoms with E-state index in [-0.39, 0.29) is 11.3 Å². The van der Waals surface area contributed by atoms with E-state index in [0.717, 1.165) is 0 Å². The third-order valence-electron chi connectivity index (χ3n) is 1.76. The van der Waals surface area contributed by atoms with Gasteiger partial charge in [0.2, 0.25) is 0 Å². The Kier molecular flexibility index (Phi) is 2.85. The fourth-order valence-electron chi connectivity index (χ4n) is 1.04. The van der Waals surface area contributed by atoms with Gasteiger partial charge in [-0.25, -0.2) is 0 Å². The summed E-state index contributed by atoms with van der Waals surface area (Å²) in [5.41, 5.74) is 5.32. The number of nitro benzene ring substituents is 1. The number of aryl methyl sites for hydroxylation is 1. The highest BCUT2D eigenvalue weighted by Crippen LogP contribution is 2.31. The van der Waals surface area contributed by atoms with Crippen molar-refractivity contribution in [1.82, 2.24) is 0 Å². The van der Waals surface area contributed by atoms with Crippen LogP contribution < -0.4 is 5.73 Å². The average Bonchev–Trinajstić information content (AvgIpc) is 2.08. The van der Waals surface area contributed by atoms with Crippen molar-refractivity contribution in [2.75, 3.05) is 0 Å². The summed E-state index contributed by atoms with van der Waals surface area (Å²) in [5.74, 6) is -0.808. The number of primary amides is 1. The maximum Gasteiger partial charge on any atom is 0.296 e. The summed E-state index contributed by atoms with van der Waals surface area (Å²) in [6.07, 6.45) is 0. The molecule has 2 N–H and O–H groups in total. The quantitative estimate of drug-likeness (QED) is 0.648. The predicted octanol–water partition coefficient (Wildman–Crippen LogP) is 1.76. The molecule has 0 aliphatic carbocycles. The summed E-state index contributed by atoms with van der Waals surface area (Å²) in [5, 5.41) is 10.7. The van der Waals surface area contributed by atoms with E-state index in [2.05, 4.69) is 15.9 Å². The van der Waals surface area contributed by atoms with Crippen LogP contribution in [0, 0.1) is 17.0 Å². The summed E-state index contributed by atoms with van der Waals surface area (Å²) >= 11 is 3.05. The molecule has 0 saturated heterocycles. The topological polar surface area (TPSA) is 86.2 Å². The normalized spacial score (nSPS) is 9.86. The molecule has 0 saturated carbocycles. The first-order valence-electron chi connectivity index (χ1n) is 3.68. The van der Waals surface area contributed by atoms with Gasteiger partial charge in [0.1, 0.15) is 5.56 Å². The molecule has 14 heavy (non-hydrogen) atoms. The van der Waals surface area contributed by atoms with Gasteiger partial charge in [-0.1, -0.05) is 6.07 Å². The van der Waals surface area contributed by atoms with Crippen molar-refractivity contribution in [1.29, 1.82) is 0 Å². The van der Waals surface area contributed by atoms with Crippen LogP contribution in [0.1, 0.15) is 15.9 Å². The zero-order valence-electron chi connectivity index (χ0n) is 7.28. The Balaban J connectivity index is 3.53. The van der Waals surface area contributed by atoms with Crippen molar-refractivity contribution >= 4 is 27.5 Å². The van der Waals surface area contributed by atoms with Gasteiger partial charge in [-0.2, -0.15) is 0 Å². The number of nitro groups is 1. The van der Waals surface area contributed by atoms with Gasteiger partial charge in [-0.3, -0.25) is 14.9 Å². The van der Waals surface area contributed by atoms with E-state index in [9.17, 15) is 14.9 Å². The number of hydrogen-bond acceptors (Lipinski definition) is 3. The molecule has 0 radical (unpaired) electrons. The fourth-order valence-corrected chi connectivity index (χ4v) is 1.53. The predicted molar refractivity (Wildman–Crippen MR) is 54.1 cm³/mol. The third kappa shape index (κ3) is 1.74. The Hall–Kier alpha value is -1.43. The minimum absolute atomic E-state index is 0.0903. The van der Waals surface area contributed by atoms with Crippen molar-refractivity contribution in [2.45, 2.75) is 6.92 Å². The molecule has 0 aliphatic heterocycles. The van der Waals surface area contributed by atoms with Gasteiger partial charge in [-0.15, -0.1) is 0 Å². The van der Waals surface area contributed by atoms with Gasteiger partial charge >= 0.3 is 0 Å². The van der Waals surface area contributed by atoms with E-state index in [1.54, 1.807) is 13.0 Å². The highest BCUT2D eigenvalue weighted by atomic mass is 79.9. The summed E-state index contributed by atoms with van der Waals surface area (Å²) in [6, 6.07) is 2.94. The molecule has 74 valence electrons. The third-order valence-corrected chi connectivity index (χ3v) is 2.76. The molecule has 0 spiro atoms. The van der Waals surface area contributed by atoms with Crippen LogP contribution in [0.2, 0.25) is 0 Å². The number of nitrogens with zero attached hydrogens (tertiary/aromatic N) is 1. The van der Waals surface area contributed by atoms with Crippen molar-refractivity contribution in [3.63, 3.8) is 0 Å². The molecule has 1 aromatic carbocycles. The van der Waals surface area contributed by atoms with E-state index in [0.29, 0.717) is 10.0 Å². The average molecular weight is 259 g/mol. The van der Waals surface area contributed by atoms with Crippen LogP contribution in [0.4, 0.5) is 5.69 Å². The maximum atomic E-state index is 10.9. The monoisotopic (exact) mass is 258 g/mol. The number of carbonyl (C=O) groups excluding carboxylic acids is 1. The Morgan fingerprint density at radius 3 is 2.57 bits per heavy atom. The smallest absolute Gasteiger partial charge is 0.296 e.